The number of rotatable bonds is 2. The van der Waals surface area contributed by atoms with Crippen LogP contribution in [0.2, 0.25) is 0 Å². The maximum Gasteiger partial charge on any atom is 0.262 e. The van der Waals surface area contributed by atoms with Crippen molar-refractivity contribution in [3.63, 3.8) is 0 Å². The summed E-state index contributed by atoms with van der Waals surface area (Å²) in [6.45, 7) is 0. The highest BCUT2D eigenvalue weighted by Crippen LogP contribution is 2.39. The quantitative estimate of drug-likeness (QED) is 0.818. The topological polar surface area (TPSA) is 75.7 Å². The second-order valence-electron chi connectivity index (χ2n) is 5.26. The van der Waals surface area contributed by atoms with Crippen LogP contribution in [0.3, 0.4) is 0 Å². The molecule has 0 aromatic heterocycles. The lowest BCUT2D eigenvalue weighted by Gasteiger charge is -2.14. The van der Waals surface area contributed by atoms with Crippen LogP contribution in [-0.2, 0) is 10.0 Å². The summed E-state index contributed by atoms with van der Waals surface area (Å²) < 4.78 is 45.6. The fourth-order valence-electron chi connectivity index (χ4n) is 2.22. The minimum absolute atomic E-state index is 0.000539. The van der Waals surface area contributed by atoms with Gasteiger partial charge in [0, 0.05) is 24.6 Å². The summed E-state index contributed by atoms with van der Waals surface area (Å²) in [6.07, 6.45) is 0. The maximum absolute atomic E-state index is 14.1. The highest BCUT2D eigenvalue weighted by molar-refractivity contribution is 9.10. The van der Waals surface area contributed by atoms with E-state index in [2.05, 4.69) is 21.2 Å². The molecule has 0 fully saturated rings. The van der Waals surface area contributed by atoms with Crippen molar-refractivity contribution < 1.29 is 22.3 Å². The predicted octanol–water partition coefficient (Wildman–Crippen LogP) is 3.20. The highest BCUT2D eigenvalue weighted by Gasteiger charge is 2.27. The van der Waals surface area contributed by atoms with Crippen molar-refractivity contribution in [2.24, 2.45) is 0 Å². The third-order valence-electron chi connectivity index (χ3n) is 3.45. The lowest BCUT2D eigenvalue weighted by Crippen LogP contribution is -2.22. The molecule has 6 nitrogen and oxygen atoms in total. The molecule has 1 amide bonds. The number of nitrogens with zero attached hydrogens (tertiary/aromatic N) is 1. The van der Waals surface area contributed by atoms with Crippen molar-refractivity contribution in [3.8, 4) is 11.5 Å². The molecule has 9 heteroatoms. The minimum atomic E-state index is -3.67. The van der Waals surface area contributed by atoms with Crippen molar-refractivity contribution in [1.29, 1.82) is 0 Å². The Kier molecular flexibility index (Phi) is 4.10. The number of fused-ring (bicyclic) bond motifs is 2. The summed E-state index contributed by atoms with van der Waals surface area (Å²) in [6, 6.07) is 6.64. The van der Waals surface area contributed by atoms with Crippen LogP contribution >= 0.6 is 15.9 Å². The Labute approximate surface area is 146 Å². The number of hydrogen-bond donors (Lipinski definition) is 1. The van der Waals surface area contributed by atoms with E-state index >= 15 is 0 Å². The standard InChI is InChI=1S/C15H12BrFN2O4S/c1-19(2)24(21,22)9-3-4-11-12(7-9)23-13-6-8(16)5-10(17)14(13)15(20)18-11/h3-7H,1-2H3,(H,18,20). The Morgan fingerprint density at radius 1 is 1.17 bits per heavy atom. The lowest BCUT2D eigenvalue weighted by molar-refractivity contribution is 0.102. The molecular formula is C15H12BrFN2O4S. The van der Waals surface area contributed by atoms with Gasteiger partial charge in [0.2, 0.25) is 10.0 Å². The van der Waals surface area contributed by atoms with Gasteiger partial charge >= 0.3 is 0 Å². The van der Waals surface area contributed by atoms with Crippen LogP contribution in [0.4, 0.5) is 10.1 Å². The average molecular weight is 415 g/mol. The molecule has 0 saturated carbocycles. The van der Waals surface area contributed by atoms with Crippen molar-refractivity contribution in [3.05, 3.63) is 46.2 Å². The SMILES string of the molecule is CN(C)S(=O)(=O)c1ccc2c(c1)Oc1cc(Br)cc(F)c1C(=O)N2. The first-order chi connectivity index (χ1) is 11.2. The van der Waals surface area contributed by atoms with Crippen LogP contribution in [0.1, 0.15) is 10.4 Å². The van der Waals surface area contributed by atoms with E-state index in [-0.39, 0.29) is 27.6 Å². The third-order valence-corrected chi connectivity index (χ3v) is 5.71. The van der Waals surface area contributed by atoms with E-state index in [4.69, 9.17) is 4.74 Å². The van der Waals surface area contributed by atoms with Crippen molar-refractivity contribution in [2.45, 2.75) is 4.90 Å². The molecule has 0 bridgehead atoms. The van der Waals surface area contributed by atoms with Gasteiger partial charge in [0.15, 0.2) is 5.75 Å². The van der Waals surface area contributed by atoms with Crippen LogP contribution in [0.25, 0.3) is 0 Å². The molecule has 0 spiro atoms. The maximum atomic E-state index is 14.1. The highest BCUT2D eigenvalue weighted by atomic mass is 79.9. The molecular weight excluding hydrogens is 403 g/mol. The summed E-state index contributed by atoms with van der Waals surface area (Å²) >= 11 is 3.14. The molecule has 1 aliphatic heterocycles. The molecule has 1 N–H and O–H groups in total. The van der Waals surface area contributed by atoms with E-state index in [0.29, 0.717) is 4.47 Å². The van der Waals surface area contributed by atoms with E-state index in [9.17, 15) is 17.6 Å². The molecule has 2 aromatic carbocycles. The number of ether oxygens (including phenoxy) is 1. The summed E-state index contributed by atoms with van der Waals surface area (Å²) in [5.74, 6) is -1.30. The number of carbonyl (C=O) groups excluding carboxylic acids is 1. The predicted molar refractivity (Wildman–Crippen MR) is 89.4 cm³/mol. The molecule has 0 unspecified atom stereocenters. The number of halogens is 2. The van der Waals surface area contributed by atoms with E-state index < -0.39 is 21.7 Å². The van der Waals surface area contributed by atoms with Crippen molar-refractivity contribution in [1.82, 2.24) is 4.31 Å². The van der Waals surface area contributed by atoms with E-state index in [0.717, 1.165) is 10.4 Å². The number of carbonyl (C=O) groups is 1. The van der Waals surface area contributed by atoms with Crippen LogP contribution in [0.5, 0.6) is 11.5 Å². The zero-order valence-corrected chi connectivity index (χ0v) is 15.0. The Morgan fingerprint density at radius 2 is 1.88 bits per heavy atom. The first kappa shape index (κ1) is 16.9. The van der Waals surface area contributed by atoms with Crippen LogP contribution in [0.15, 0.2) is 39.7 Å². The van der Waals surface area contributed by atoms with Crippen LogP contribution < -0.4 is 10.1 Å². The Morgan fingerprint density at radius 3 is 2.54 bits per heavy atom. The molecule has 0 saturated heterocycles. The van der Waals surface area contributed by atoms with Gasteiger partial charge in [-0.1, -0.05) is 15.9 Å². The molecule has 1 aliphatic rings. The Bertz CT molecular complexity index is 960. The summed E-state index contributed by atoms with van der Waals surface area (Å²) in [7, 11) is -0.856. The van der Waals surface area contributed by atoms with Crippen LogP contribution in [-0.4, -0.2) is 32.7 Å². The number of benzene rings is 2. The summed E-state index contributed by atoms with van der Waals surface area (Å²) in [5, 5.41) is 2.52. The normalized spacial score (nSPS) is 13.6. The molecule has 0 aliphatic carbocycles. The number of nitrogens with one attached hydrogen (secondary N) is 1. The van der Waals surface area contributed by atoms with E-state index in [1.165, 1.54) is 38.4 Å². The zero-order chi connectivity index (χ0) is 17.6. The Balaban J connectivity index is 2.17. The summed E-state index contributed by atoms with van der Waals surface area (Å²) in [5.41, 5.74) is 0.0100. The van der Waals surface area contributed by atoms with Crippen molar-refractivity contribution in [2.75, 3.05) is 19.4 Å². The molecule has 126 valence electrons. The van der Waals surface area contributed by atoms with Gasteiger partial charge in [0.05, 0.1) is 10.6 Å². The molecule has 0 radical (unpaired) electrons. The molecule has 2 aromatic rings. The number of hydrogen-bond acceptors (Lipinski definition) is 4. The number of anilines is 1. The zero-order valence-electron chi connectivity index (χ0n) is 12.6. The van der Waals surface area contributed by atoms with E-state index in [1.807, 2.05) is 0 Å². The second-order valence-corrected chi connectivity index (χ2v) is 8.33. The van der Waals surface area contributed by atoms with Gasteiger partial charge in [-0.3, -0.25) is 4.79 Å². The Hall–Kier alpha value is -1.97. The molecule has 0 atom stereocenters. The lowest BCUT2D eigenvalue weighted by atomic mass is 10.2. The van der Waals surface area contributed by atoms with Crippen molar-refractivity contribution >= 4 is 37.5 Å². The first-order valence-electron chi connectivity index (χ1n) is 6.75. The molecule has 1 heterocycles. The largest absolute Gasteiger partial charge is 0.454 e. The van der Waals surface area contributed by atoms with Gasteiger partial charge in [-0.2, -0.15) is 0 Å². The second kappa shape index (κ2) is 5.83. The monoisotopic (exact) mass is 414 g/mol. The summed E-state index contributed by atoms with van der Waals surface area (Å²) in [4.78, 5) is 12.2. The third kappa shape index (κ3) is 2.79. The fourth-order valence-corrected chi connectivity index (χ4v) is 3.54. The fraction of sp³-hybridized carbons (Fsp3) is 0.133. The number of amides is 1. The van der Waals surface area contributed by atoms with Gasteiger partial charge in [-0.15, -0.1) is 0 Å². The first-order valence-corrected chi connectivity index (χ1v) is 8.98. The minimum Gasteiger partial charge on any atom is -0.454 e. The van der Waals surface area contributed by atoms with Gasteiger partial charge in [0.1, 0.15) is 17.1 Å². The van der Waals surface area contributed by atoms with Crippen LogP contribution in [0, 0.1) is 5.82 Å². The molecule has 24 heavy (non-hydrogen) atoms. The smallest absolute Gasteiger partial charge is 0.262 e. The van der Waals surface area contributed by atoms with Gasteiger partial charge in [-0.25, -0.2) is 17.1 Å². The van der Waals surface area contributed by atoms with Gasteiger partial charge < -0.3 is 10.1 Å². The van der Waals surface area contributed by atoms with Gasteiger partial charge in [-0.05, 0) is 24.3 Å². The molecule has 3 rings (SSSR count). The van der Waals surface area contributed by atoms with Gasteiger partial charge in [0.25, 0.3) is 5.91 Å². The van der Waals surface area contributed by atoms with E-state index in [1.54, 1.807) is 0 Å². The number of sulfonamides is 1. The average Bonchev–Trinajstić information content (AvgIpc) is 2.61.